The zero-order chi connectivity index (χ0) is 13.8. The fraction of sp³-hybridized carbons (Fsp3) is 0.571. The highest BCUT2D eigenvalue weighted by Crippen LogP contribution is 2.24. The molecule has 0 amide bonds. The highest BCUT2D eigenvalue weighted by molar-refractivity contribution is 5.32. The molecule has 2 atom stereocenters. The lowest BCUT2D eigenvalue weighted by Gasteiger charge is -2.28. The quantitative estimate of drug-likeness (QED) is 0.606. The van der Waals surface area contributed by atoms with Gasteiger partial charge in [0.1, 0.15) is 0 Å². The summed E-state index contributed by atoms with van der Waals surface area (Å²) in [6.45, 7) is 3.99. The molecular formula is C14H20N2O3. The third kappa shape index (κ3) is 3.30. The Balaban J connectivity index is 2.02. The summed E-state index contributed by atoms with van der Waals surface area (Å²) in [5, 5.41) is 10.6. The zero-order valence-corrected chi connectivity index (χ0v) is 11.4. The summed E-state index contributed by atoms with van der Waals surface area (Å²) < 4.78 is 5.42. The van der Waals surface area contributed by atoms with Crippen LogP contribution in [0, 0.1) is 10.1 Å². The van der Waals surface area contributed by atoms with Gasteiger partial charge in [0.2, 0.25) is 0 Å². The van der Waals surface area contributed by atoms with Crippen LogP contribution in [0.2, 0.25) is 0 Å². The molecule has 1 heterocycles. The van der Waals surface area contributed by atoms with Crippen molar-refractivity contribution >= 4 is 5.69 Å². The van der Waals surface area contributed by atoms with Gasteiger partial charge in [-0.15, -0.1) is 0 Å². The molecule has 19 heavy (non-hydrogen) atoms. The third-order valence-corrected chi connectivity index (χ3v) is 3.86. The second-order valence-electron chi connectivity index (χ2n) is 5.04. The molecule has 0 unspecified atom stereocenters. The molecule has 1 aromatic carbocycles. The van der Waals surface area contributed by atoms with Crippen molar-refractivity contribution in [2.24, 2.45) is 0 Å². The van der Waals surface area contributed by atoms with Gasteiger partial charge in [-0.3, -0.25) is 15.0 Å². The standard InChI is InChI=1S/C14H20N2O3/c1-11(19-2)14-4-3-9-15(14)10-12-5-7-13(8-6-12)16(17)18/h5-8,11,14H,3-4,9-10H2,1-2H3/t11-,14-/m0/s1. The SMILES string of the molecule is CO[C@@H](C)[C@@H]1CCCN1Cc1ccc([N+](=O)[O-])cc1. The molecule has 1 aromatic rings. The van der Waals surface area contributed by atoms with E-state index >= 15 is 0 Å². The second-order valence-corrected chi connectivity index (χ2v) is 5.04. The molecule has 0 aromatic heterocycles. The highest BCUT2D eigenvalue weighted by atomic mass is 16.6. The Bertz CT molecular complexity index is 433. The molecule has 5 nitrogen and oxygen atoms in total. The Hall–Kier alpha value is -1.46. The van der Waals surface area contributed by atoms with Crippen LogP contribution < -0.4 is 0 Å². The van der Waals surface area contributed by atoms with E-state index in [1.165, 1.54) is 6.42 Å². The monoisotopic (exact) mass is 264 g/mol. The lowest BCUT2D eigenvalue weighted by molar-refractivity contribution is -0.384. The molecule has 0 bridgehead atoms. The maximum Gasteiger partial charge on any atom is 0.269 e. The van der Waals surface area contributed by atoms with Crippen LogP contribution in [0.15, 0.2) is 24.3 Å². The fourth-order valence-corrected chi connectivity index (χ4v) is 2.69. The predicted octanol–water partition coefficient (Wildman–Crippen LogP) is 2.59. The molecule has 1 saturated heterocycles. The first kappa shape index (κ1) is 14.0. The Morgan fingerprint density at radius 3 is 2.74 bits per heavy atom. The average Bonchev–Trinajstić information content (AvgIpc) is 2.86. The molecule has 2 rings (SSSR count). The molecule has 1 fully saturated rings. The molecule has 104 valence electrons. The first-order valence-electron chi connectivity index (χ1n) is 6.62. The normalized spacial score (nSPS) is 21.5. The van der Waals surface area contributed by atoms with Crippen LogP contribution in [0.1, 0.15) is 25.3 Å². The van der Waals surface area contributed by atoms with E-state index in [9.17, 15) is 10.1 Å². The van der Waals surface area contributed by atoms with Crippen LogP contribution in [0.3, 0.4) is 0 Å². The van der Waals surface area contributed by atoms with Crippen LogP contribution >= 0.6 is 0 Å². The Labute approximate surface area is 113 Å². The number of likely N-dealkylation sites (tertiary alicyclic amines) is 1. The molecule has 0 spiro atoms. The number of nitrogens with zero attached hydrogens (tertiary/aromatic N) is 2. The number of hydrogen-bond acceptors (Lipinski definition) is 4. The first-order chi connectivity index (χ1) is 9.11. The minimum Gasteiger partial charge on any atom is -0.380 e. The minimum atomic E-state index is -0.366. The van der Waals surface area contributed by atoms with E-state index in [0.29, 0.717) is 6.04 Å². The van der Waals surface area contributed by atoms with Crippen LogP contribution in [0.25, 0.3) is 0 Å². The summed E-state index contributed by atoms with van der Waals surface area (Å²) in [5.41, 5.74) is 1.26. The van der Waals surface area contributed by atoms with Gasteiger partial charge in [-0.1, -0.05) is 12.1 Å². The number of hydrogen-bond donors (Lipinski definition) is 0. The van der Waals surface area contributed by atoms with E-state index in [1.54, 1.807) is 19.2 Å². The van der Waals surface area contributed by atoms with E-state index in [2.05, 4.69) is 11.8 Å². The molecule has 0 aliphatic carbocycles. The number of non-ortho nitro benzene ring substituents is 1. The van der Waals surface area contributed by atoms with E-state index < -0.39 is 0 Å². The lowest BCUT2D eigenvalue weighted by atomic mass is 10.1. The van der Waals surface area contributed by atoms with E-state index in [1.807, 2.05) is 12.1 Å². The summed E-state index contributed by atoms with van der Waals surface area (Å²) in [4.78, 5) is 12.6. The summed E-state index contributed by atoms with van der Waals surface area (Å²) in [6, 6.07) is 7.26. The Morgan fingerprint density at radius 1 is 1.47 bits per heavy atom. The van der Waals surface area contributed by atoms with Crippen molar-refractivity contribution < 1.29 is 9.66 Å². The number of nitro benzene ring substituents is 1. The number of nitro groups is 1. The highest BCUT2D eigenvalue weighted by Gasteiger charge is 2.29. The van der Waals surface area contributed by atoms with Crippen molar-refractivity contribution in [1.82, 2.24) is 4.90 Å². The van der Waals surface area contributed by atoms with E-state index in [-0.39, 0.29) is 16.7 Å². The minimum absolute atomic E-state index is 0.145. The van der Waals surface area contributed by atoms with Crippen LogP contribution in [0.4, 0.5) is 5.69 Å². The van der Waals surface area contributed by atoms with Crippen LogP contribution in [-0.4, -0.2) is 35.6 Å². The van der Waals surface area contributed by atoms with Gasteiger partial charge in [0, 0.05) is 31.8 Å². The summed E-state index contributed by atoms with van der Waals surface area (Å²) >= 11 is 0. The van der Waals surface area contributed by atoms with Gasteiger partial charge in [0.15, 0.2) is 0 Å². The largest absolute Gasteiger partial charge is 0.380 e. The van der Waals surface area contributed by atoms with E-state index in [4.69, 9.17) is 4.74 Å². The van der Waals surface area contributed by atoms with Gasteiger partial charge >= 0.3 is 0 Å². The van der Waals surface area contributed by atoms with Gasteiger partial charge in [-0.25, -0.2) is 0 Å². The maximum atomic E-state index is 10.6. The molecule has 1 aliphatic heterocycles. The van der Waals surface area contributed by atoms with E-state index in [0.717, 1.165) is 25.1 Å². The van der Waals surface area contributed by atoms with Gasteiger partial charge in [0.05, 0.1) is 11.0 Å². The van der Waals surface area contributed by atoms with Crippen molar-refractivity contribution in [3.05, 3.63) is 39.9 Å². The lowest BCUT2D eigenvalue weighted by Crippen LogP contribution is -2.37. The van der Waals surface area contributed by atoms with Crippen molar-refractivity contribution in [1.29, 1.82) is 0 Å². The summed E-state index contributed by atoms with van der Waals surface area (Å²) in [7, 11) is 1.74. The molecule has 0 radical (unpaired) electrons. The molecule has 1 aliphatic rings. The summed E-state index contributed by atoms with van der Waals surface area (Å²) in [5.74, 6) is 0. The van der Waals surface area contributed by atoms with Crippen molar-refractivity contribution in [2.75, 3.05) is 13.7 Å². The van der Waals surface area contributed by atoms with Gasteiger partial charge in [-0.05, 0) is 31.9 Å². The Kier molecular flexibility index (Phi) is 4.50. The van der Waals surface area contributed by atoms with Gasteiger partial charge in [-0.2, -0.15) is 0 Å². The topological polar surface area (TPSA) is 55.6 Å². The van der Waals surface area contributed by atoms with Gasteiger partial charge in [0.25, 0.3) is 5.69 Å². The van der Waals surface area contributed by atoms with Crippen LogP contribution in [-0.2, 0) is 11.3 Å². The molecule has 0 N–H and O–H groups in total. The number of methoxy groups -OCH3 is 1. The smallest absolute Gasteiger partial charge is 0.269 e. The maximum absolute atomic E-state index is 10.6. The third-order valence-electron chi connectivity index (χ3n) is 3.86. The van der Waals surface area contributed by atoms with Crippen molar-refractivity contribution in [3.63, 3.8) is 0 Å². The number of ether oxygens (including phenoxy) is 1. The Morgan fingerprint density at radius 2 is 2.16 bits per heavy atom. The van der Waals surface area contributed by atoms with Crippen LogP contribution in [0.5, 0.6) is 0 Å². The molecular weight excluding hydrogens is 244 g/mol. The first-order valence-corrected chi connectivity index (χ1v) is 6.62. The molecule has 0 saturated carbocycles. The number of rotatable bonds is 5. The fourth-order valence-electron chi connectivity index (χ4n) is 2.69. The van der Waals surface area contributed by atoms with Gasteiger partial charge < -0.3 is 4.74 Å². The number of benzene rings is 1. The molecule has 5 heteroatoms. The predicted molar refractivity (Wildman–Crippen MR) is 73.0 cm³/mol. The average molecular weight is 264 g/mol. The summed E-state index contributed by atoms with van der Waals surface area (Å²) in [6.07, 6.45) is 2.56. The van der Waals surface area contributed by atoms with Crippen molar-refractivity contribution in [2.45, 2.75) is 38.5 Å². The van der Waals surface area contributed by atoms with Crippen molar-refractivity contribution in [3.8, 4) is 0 Å². The second kappa shape index (κ2) is 6.12. The zero-order valence-electron chi connectivity index (χ0n) is 11.4.